The number of halogens is 4. The van der Waals surface area contributed by atoms with E-state index in [1.807, 2.05) is 0 Å². The van der Waals surface area contributed by atoms with Gasteiger partial charge in [-0.2, -0.15) is 13.2 Å². The van der Waals surface area contributed by atoms with Crippen LogP contribution < -0.4 is 9.47 Å². The average molecular weight is 375 g/mol. The van der Waals surface area contributed by atoms with Crippen LogP contribution in [0, 0.1) is 6.92 Å². The molecule has 0 heterocycles. The van der Waals surface area contributed by atoms with Gasteiger partial charge < -0.3 is 13.8 Å². The molecule has 0 saturated heterocycles. The van der Waals surface area contributed by atoms with E-state index in [4.69, 9.17) is 21.3 Å². The van der Waals surface area contributed by atoms with Crippen molar-refractivity contribution in [3.8, 4) is 17.2 Å². The third-order valence-corrected chi connectivity index (χ3v) is 3.31. The van der Waals surface area contributed by atoms with Gasteiger partial charge in [0.1, 0.15) is 29.1 Å². The van der Waals surface area contributed by atoms with Crippen molar-refractivity contribution < 1.29 is 31.7 Å². The Kier molecular flexibility index (Phi) is 5.79. The van der Waals surface area contributed by atoms with Crippen LogP contribution in [0.1, 0.15) is 18.1 Å². The molecule has 0 fully saturated rings. The molecule has 0 saturated carbocycles. The van der Waals surface area contributed by atoms with Crippen molar-refractivity contribution in [2.75, 3.05) is 0 Å². The van der Waals surface area contributed by atoms with Crippen LogP contribution in [0.5, 0.6) is 17.2 Å². The van der Waals surface area contributed by atoms with Gasteiger partial charge in [-0.05, 0) is 55.8 Å². The van der Waals surface area contributed by atoms with Crippen molar-refractivity contribution >= 4 is 17.8 Å². The van der Waals surface area contributed by atoms with Gasteiger partial charge in [0.2, 0.25) is 0 Å². The maximum Gasteiger partial charge on any atom is 0.416 e. The number of carbonyl (C=O) groups excluding carboxylic acids is 1. The molecule has 0 aliphatic rings. The molecule has 134 valence electrons. The Morgan fingerprint density at radius 3 is 2.20 bits per heavy atom. The smallest absolute Gasteiger partial charge is 0.416 e. The first-order chi connectivity index (χ1) is 11.7. The summed E-state index contributed by atoms with van der Waals surface area (Å²) in [6.07, 6.45) is -5.34. The SMILES string of the molecule is Cc1cc(Oc2ccc(C(F)(F)F)cc2)cc(OC(C)C(=O)OCl)c1. The highest BCUT2D eigenvalue weighted by Gasteiger charge is 2.30. The summed E-state index contributed by atoms with van der Waals surface area (Å²) < 4.78 is 52.7. The fourth-order valence-corrected chi connectivity index (χ4v) is 2.13. The number of benzene rings is 2. The van der Waals surface area contributed by atoms with E-state index in [1.54, 1.807) is 19.1 Å². The van der Waals surface area contributed by atoms with E-state index < -0.39 is 23.8 Å². The minimum absolute atomic E-state index is 0.234. The van der Waals surface area contributed by atoms with Gasteiger partial charge in [-0.15, -0.1) is 0 Å². The van der Waals surface area contributed by atoms with Crippen LogP contribution in [0.2, 0.25) is 0 Å². The molecule has 4 nitrogen and oxygen atoms in total. The highest BCUT2D eigenvalue weighted by atomic mass is 35.5. The lowest BCUT2D eigenvalue weighted by atomic mass is 10.2. The Morgan fingerprint density at radius 2 is 1.64 bits per heavy atom. The zero-order valence-corrected chi connectivity index (χ0v) is 14.0. The molecule has 0 radical (unpaired) electrons. The molecule has 2 aromatic rings. The van der Waals surface area contributed by atoms with Gasteiger partial charge in [0.05, 0.1) is 5.56 Å². The fraction of sp³-hybridized carbons (Fsp3) is 0.235. The Bertz CT molecular complexity index is 745. The van der Waals surface area contributed by atoms with Gasteiger partial charge >= 0.3 is 12.1 Å². The number of carbonyl (C=O) groups is 1. The van der Waals surface area contributed by atoms with Gasteiger partial charge in [-0.25, -0.2) is 4.79 Å². The van der Waals surface area contributed by atoms with Crippen molar-refractivity contribution in [2.45, 2.75) is 26.1 Å². The van der Waals surface area contributed by atoms with Crippen molar-refractivity contribution in [3.63, 3.8) is 0 Å². The summed E-state index contributed by atoms with van der Waals surface area (Å²) in [6, 6.07) is 9.15. The second kappa shape index (κ2) is 7.65. The van der Waals surface area contributed by atoms with Crippen LogP contribution in [-0.4, -0.2) is 12.1 Å². The predicted octanol–water partition coefficient (Wildman–Crippen LogP) is 5.27. The lowest BCUT2D eigenvalue weighted by molar-refractivity contribution is -0.141. The van der Waals surface area contributed by atoms with Gasteiger partial charge in [0, 0.05) is 6.07 Å². The van der Waals surface area contributed by atoms with E-state index in [2.05, 4.69) is 4.29 Å². The predicted molar refractivity (Wildman–Crippen MR) is 84.7 cm³/mol. The van der Waals surface area contributed by atoms with E-state index >= 15 is 0 Å². The molecule has 0 aliphatic heterocycles. The summed E-state index contributed by atoms with van der Waals surface area (Å²) in [7, 11) is 0. The van der Waals surface area contributed by atoms with E-state index in [-0.39, 0.29) is 5.75 Å². The second-order valence-corrected chi connectivity index (χ2v) is 5.42. The molecular weight excluding hydrogens is 361 g/mol. The summed E-state index contributed by atoms with van der Waals surface area (Å²) in [5.41, 5.74) is 0.00683. The monoisotopic (exact) mass is 374 g/mol. The van der Waals surface area contributed by atoms with Crippen LogP contribution in [-0.2, 0) is 15.3 Å². The zero-order chi connectivity index (χ0) is 18.6. The molecule has 2 aromatic carbocycles. The molecule has 0 aromatic heterocycles. The number of rotatable bonds is 5. The van der Waals surface area contributed by atoms with Crippen LogP contribution in [0.25, 0.3) is 0 Å². The summed E-state index contributed by atoms with van der Waals surface area (Å²) in [4.78, 5) is 11.3. The quantitative estimate of drug-likeness (QED) is 0.715. The molecular formula is C17H14ClF3O4. The Labute approximate surface area is 147 Å². The van der Waals surface area contributed by atoms with Gasteiger partial charge in [0.15, 0.2) is 6.10 Å². The van der Waals surface area contributed by atoms with E-state index in [1.165, 1.54) is 25.1 Å². The van der Waals surface area contributed by atoms with E-state index in [0.29, 0.717) is 11.5 Å². The highest BCUT2D eigenvalue weighted by Crippen LogP contribution is 2.32. The van der Waals surface area contributed by atoms with Crippen LogP contribution in [0.3, 0.4) is 0 Å². The normalized spacial score (nSPS) is 12.4. The molecule has 2 rings (SSSR count). The first kappa shape index (κ1) is 18.9. The second-order valence-electron chi connectivity index (χ2n) is 5.26. The highest BCUT2D eigenvalue weighted by molar-refractivity contribution is 6.13. The number of hydrogen-bond acceptors (Lipinski definition) is 4. The molecule has 0 N–H and O–H groups in total. The van der Waals surface area contributed by atoms with E-state index in [0.717, 1.165) is 17.7 Å². The molecule has 1 unspecified atom stereocenters. The molecule has 1 atom stereocenters. The molecule has 0 spiro atoms. The Morgan fingerprint density at radius 1 is 1.04 bits per heavy atom. The number of alkyl halides is 3. The standard InChI is InChI=1S/C17H14ClF3O4/c1-10-7-14(23-11(2)16(22)25-18)9-15(8-10)24-13-5-3-12(4-6-13)17(19,20)21/h3-9,11H,1-2H3. The number of hydrogen-bond donors (Lipinski definition) is 0. The minimum Gasteiger partial charge on any atom is -0.479 e. The molecule has 0 aliphatic carbocycles. The Balaban J connectivity index is 2.16. The van der Waals surface area contributed by atoms with Crippen molar-refractivity contribution in [3.05, 3.63) is 53.6 Å². The zero-order valence-electron chi connectivity index (χ0n) is 13.3. The maximum atomic E-state index is 12.6. The first-order valence-electron chi connectivity index (χ1n) is 7.15. The number of ether oxygens (including phenoxy) is 2. The van der Waals surface area contributed by atoms with Crippen molar-refractivity contribution in [1.82, 2.24) is 0 Å². The summed E-state index contributed by atoms with van der Waals surface area (Å²) in [5.74, 6) is 0.156. The third kappa shape index (κ3) is 5.29. The lowest BCUT2D eigenvalue weighted by Gasteiger charge is -2.14. The summed E-state index contributed by atoms with van der Waals surface area (Å²) in [5, 5.41) is 0. The van der Waals surface area contributed by atoms with Crippen molar-refractivity contribution in [2.24, 2.45) is 0 Å². The maximum absolute atomic E-state index is 12.6. The van der Waals surface area contributed by atoms with Crippen LogP contribution in [0.4, 0.5) is 13.2 Å². The summed E-state index contributed by atoms with van der Waals surface area (Å²) in [6.45, 7) is 3.24. The van der Waals surface area contributed by atoms with Crippen molar-refractivity contribution in [1.29, 1.82) is 0 Å². The van der Waals surface area contributed by atoms with Crippen LogP contribution in [0.15, 0.2) is 42.5 Å². The number of aryl methyl sites for hydroxylation is 1. The average Bonchev–Trinajstić information content (AvgIpc) is 2.53. The molecule has 8 heteroatoms. The topological polar surface area (TPSA) is 44.8 Å². The van der Waals surface area contributed by atoms with Crippen LogP contribution >= 0.6 is 11.9 Å². The summed E-state index contributed by atoms with van der Waals surface area (Å²) >= 11 is 4.99. The Hall–Kier alpha value is -2.41. The fourth-order valence-electron chi connectivity index (χ4n) is 2.00. The first-order valence-corrected chi connectivity index (χ1v) is 7.46. The van der Waals surface area contributed by atoms with Gasteiger partial charge in [-0.1, -0.05) is 0 Å². The van der Waals surface area contributed by atoms with Gasteiger partial charge in [0.25, 0.3) is 0 Å². The largest absolute Gasteiger partial charge is 0.479 e. The van der Waals surface area contributed by atoms with E-state index in [9.17, 15) is 18.0 Å². The minimum atomic E-state index is -4.41. The molecule has 0 amide bonds. The lowest BCUT2D eigenvalue weighted by Crippen LogP contribution is -2.23. The molecule has 0 bridgehead atoms. The third-order valence-electron chi connectivity index (χ3n) is 3.16. The van der Waals surface area contributed by atoms with Gasteiger partial charge in [-0.3, -0.25) is 0 Å². The molecule has 25 heavy (non-hydrogen) atoms.